The van der Waals surface area contributed by atoms with Crippen LogP contribution in [0.25, 0.3) is 0 Å². The molecule has 0 aromatic carbocycles. The Morgan fingerprint density at radius 1 is 1.08 bits per heavy atom. The molecule has 0 aromatic rings. The SMILES string of the molecule is CC1C(O)CCC1CC1CCCC1. The lowest BCUT2D eigenvalue weighted by Gasteiger charge is -2.20. The van der Waals surface area contributed by atoms with Gasteiger partial charge in [0.05, 0.1) is 6.10 Å². The molecule has 0 saturated heterocycles. The molecule has 0 aromatic heterocycles. The van der Waals surface area contributed by atoms with Crippen molar-refractivity contribution in [2.45, 2.75) is 58.0 Å². The van der Waals surface area contributed by atoms with Gasteiger partial charge in [0.2, 0.25) is 0 Å². The van der Waals surface area contributed by atoms with Crippen molar-refractivity contribution >= 4 is 0 Å². The first-order valence-electron chi connectivity index (χ1n) is 5.95. The largest absolute Gasteiger partial charge is 0.393 e. The predicted octanol–water partition coefficient (Wildman–Crippen LogP) is 2.97. The number of rotatable bonds is 2. The van der Waals surface area contributed by atoms with Crippen LogP contribution in [-0.2, 0) is 0 Å². The summed E-state index contributed by atoms with van der Waals surface area (Å²) in [6.45, 7) is 2.23. The zero-order valence-electron chi connectivity index (χ0n) is 8.71. The summed E-state index contributed by atoms with van der Waals surface area (Å²) in [6.07, 6.45) is 9.56. The highest BCUT2D eigenvalue weighted by Gasteiger charge is 2.33. The summed E-state index contributed by atoms with van der Waals surface area (Å²) in [5, 5.41) is 9.64. The van der Waals surface area contributed by atoms with Crippen LogP contribution in [0.3, 0.4) is 0 Å². The topological polar surface area (TPSA) is 20.2 Å². The second-order valence-electron chi connectivity index (χ2n) is 5.15. The first kappa shape index (κ1) is 9.51. The van der Waals surface area contributed by atoms with Crippen molar-refractivity contribution in [1.29, 1.82) is 0 Å². The van der Waals surface area contributed by atoms with Crippen LogP contribution in [-0.4, -0.2) is 11.2 Å². The predicted molar refractivity (Wildman–Crippen MR) is 54.5 cm³/mol. The summed E-state index contributed by atoms with van der Waals surface area (Å²) in [5.74, 6) is 2.40. The van der Waals surface area contributed by atoms with Crippen molar-refractivity contribution in [1.82, 2.24) is 0 Å². The van der Waals surface area contributed by atoms with Crippen molar-refractivity contribution in [3.63, 3.8) is 0 Å². The molecule has 1 nitrogen and oxygen atoms in total. The molecule has 1 heteroatoms. The Bertz CT molecular complexity index is 161. The molecule has 76 valence electrons. The van der Waals surface area contributed by atoms with Gasteiger partial charge in [0.1, 0.15) is 0 Å². The Labute approximate surface area is 81.5 Å². The van der Waals surface area contributed by atoms with Gasteiger partial charge in [0.25, 0.3) is 0 Å². The second kappa shape index (κ2) is 4.00. The van der Waals surface area contributed by atoms with Gasteiger partial charge in [-0.3, -0.25) is 0 Å². The number of hydrogen-bond acceptors (Lipinski definition) is 1. The third-order valence-corrected chi connectivity index (χ3v) is 4.29. The quantitative estimate of drug-likeness (QED) is 0.696. The Morgan fingerprint density at radius 2 is 1.77 bits per heavy atom. The molecule has 1 N–H and O–H groups in total. The van der Waals surface area contributed by atoms with Crippen molar-refractivity contribution in [3.05, 3.63) is 0 Å². The Hall–Kier alpha value is -0.0400. The van der Waals surface area contributed by atoms with E-state index in [1.807, 2.05) is 0 Å². The molecular weight excluding hydrogens is 160 g/mol. The monoisotopic (exact) mass is 182 g/mol. The molecule has 2 saturated carbocycles. The van der Waals surface area contributed by atoms with Crippen LogP contribution in [0, 0.1) is 17.8 Å². The Balaban J connectivity index is 1.81. The van der Waals surface area contributed by atoms with E-state index in [1.165, 1.54) is 38.5 Å². The number of aliphatic hydroxyl groups is 1. The zero-order chi connectivity index (χ0) is 9.26. The molecule has 2 rings (SSSR count). The van der Waals surface area contributed by atoms with E-state index < -0.39 is 0 Å². The molecule has 0 amide bonds. The molecule has 0 radical (unpaired) electrons. The van der Waals surface area contributed by atoms with E-state index in [0.717, 1.165) is 18.3 Å². The van der Waals surface area contributed by atoms with Crippen molar-refractivity contribution in [2.24, 2.45) is 17.8 Å². The van der Waals surface area contributed by atoms with Crippen molar-refractivity contribution in [2.75, 3.05) is 0 Å². The Kier molecular flexibility index (Phi) is 2.92. The molecule has 0 spiro atoms. The minimum Gasteiger partial charge on any atom is -0.393 e. The summed E-state index contributed by atoms with van der Waals surface area (Å²) in [5.41, 5.74) is 0. The lowest BCUT2D eigenvalue weighted by atomic mass is 9.86. The molecule has 0 bridgehead atoms. The molecule has 2 aliphatic carbocycles. The normalized spacial score (nSPS) is 41.5. The fourth-order valence-electron chi connectivity index (χ4n) is 3.23. The second-order valence-corrected chi connectivity index (χ2v) is 5.15. The number of hydrogen-bond donors (Lipinski definition) is 1. The van der Waals surface area contributed by atoms with Gasteiger partial charge in [-0.05, 0) is 37.0 Å². The maximum atomic E-state index is 9.64. The van der Waals surface area contributed by atoms with E-state index in [0.29, 0.717) is 5.92 Å². The fraction of sp³-hybridized carbons (Fsp3) is 1.00. The van der Waals surface area contributed by atoms with Gasteiger partial charge in [-0.15, -0.1) is 0 Å². The average molecular weight is 182 g/mol. The average Bonchev–Trinajstić information content (AvgIpc) is 2.71. The molecule has 2 aliphatic rings. The summed E-state index contributed by atoms with van der Waals surface area (Å²) < 4.78 is 0. The zero-order valence-corrected chi connectivity index (χ0v) is 8.71. The third-order valence-electron chi connectivity index (χ3n) is 4.29. The van der Waals surface area contributed by atoms with Crippen molar-refractivity contribution in [3.8, 4) is 0 Å². The third kappa shape index (κ3) is 2.07. The van der Waals surface area contributed by atoms with Crippen molar-refractivity contribution < 1.29 is 5.11 Å². The van der Waals surface area contributed by atoms with Gasteiger partial charge >= 0.3 is 0 Å². The molecule has 0 heterocycles. The first-order valence-corrected chi connectivity index (χ1v) is 5.95. The maximum absolute atomic E-state index is 9.64. The summed E-state index contributed by atoms with van der Waals surface area (Å²) in [4.78, 5) is 0. The van der Waals surface area contributed by atoms with E-state index in [9.17, 15) is 5.11 Å². The summed E-state index contributed by atoms with van der Waals surface area (Å²) >= 11 is 0. The van der Waals surface area contributed by atoms with E-state index in [2.05, 4.69) is 6.92 Å². The van der Waals surface area contributed by atoms with Crippen LogP contribution in [0.5, 0.6) is 0 Å². The van der Waals surface area contributed by atoms with Gasteiger partial charge in [0.15, 0.2) is 0 Å². The molecule has 13 heavy (non-hydrogen) atoms. The highest BCUT2D eigenvalue weighted by molar-refractivity contribution is 4.84. The van der Waals surface area contributed by atoms with Gasteiger partial charge in [0, 0.05) is 0 Å². The van der Waals surface area contributed by atoms with E-state index in [-0.39, 0.29) is 6.10 Å². The van der Waals surface area contributed by atoms with Crippen LogP contribution in [0.4, 0.5) is 0 Å². The molecule has 3 atom stereocenters. The smallest absolute Gasteiger partial charge is 0.0568 e. The minimum absolute atomic E-state index is 0.00593. The number of aliphatic hydroxyl groups excluding tert-OH is 1. The van der Waals surface area contributed by atoms with E-state index in [4.69, 9.17) is 0 Å². The van der Waals surface area contributed by atoms with Crippen LogP contribution in [0.15, 0.2) is 0 Å². The molecule has 3 unspecified atom stereocenters. The van der Waals surface area contributed by atoms with Crippen LogP contribution < -0.4 is 0 Å². The summed E-state index contributed by atoms with van der Waals surface area (Å²) in [7, 11) is 0. The standard InChI is InChI=1S/C12H22O/c1-9-11(6-7-12(9)13)8-10-4-2-3-5-10/h9-13H,2-8H2,1H3. The lowest BCUT2D eigenvalue weighted by Crippen LogP contribution is -2.17. The van der Waals surface area contributed by atoms with Gasteiger partial charge < -0.3 is 5.11 Å². The van der Waals surface area contributed by atoms with Crippen LogP contribution >= 0.6 is 0 Å². The molecule has 0 aliphatic heterocycles. The van der Waals surface area contributed by atoms with E-state index >= 15 is 0 Å². The molecule has 2 fully saturated rings. The molecular formula is C12H22O. The van der Waals surface area contributed by atoms with Gasteiger partial charge in [-0.1, -0.05) is 32.6 Å². The highest BCUT2D eigenvalue weighted by atomic mass is 16.3. The maximum Gasteiger partial charge on any atom is 0.0568 e. The highest BCUT2D eigenvalue weighted by Crippen LogP contribution is 2.40. The van der Waals surface area contributed by atoms with Crippen LogP contribution in [0.1, 0.15) is 51.9 Å². The van der Waals surface area contributed by atoms with Crippen LogP contribution in [0.2, 0.25) is 0 Å². The lowest BCUT2D eigenvalue weighted by molar-refractivity contribution is 0.122. The van der Waals surface area contributed by atoms with Gasteiger partial charge in [-0.2, -0.15) is 0 Å². The summed E-state index contributed by atoms with van der Waals surface area (Å²) in [6, 6.07) is 0. The van der Waals surface area contributed by atoms with E-state index in [1.54, 1.807) is 0 Å². The van der Waals surface area contributed by atoms with Gasteiger partial charge in [-0.25, -0.2) is 0 Å². The fourth-order valence-corrected chi connectivity index (χ4v) is 3.23. The first-order chi connectivity index (χ1) is 6.27. The minimum atomic E-state index is 0.00593. The Morgan fingerprint density at radius 3 is 2.31 bits per heavy atom.